The van der Waals surface area contributed by atoms with Gasteiger partial charge in [0.1, 0.15) is 0 Å². The fourth-order valence-corrected chi connectivity index (χ4v) is 2.72. The van der Waals surface area contributed by atoms with Crippen LogP contribution in [0.5, 0.6) is 0 Å². The van der Waals surface area contributed by atoms with Crippen LogP contribution >= 0.6 is 0 Å². The molecule has 0 saturated heterocycles. The zero-order valence-corrected chi connectivity index (χ0v) is 16.1. The van der Waals surface area contributed by atoms with E-state index < -0.39 is 0 Å². The minimum atomic E-state index is -0.127. The summed E-state index contributed by atoms with van der Waals surface area (Å²) in [4.78, 5) is 24.9. The molecule has 0 amide bonds. The molecule has 0 aliphatic rings. The highest BCUT2D eigenvalue weighted by atomic mass is 16.1. The normalized spacial score (nSPS) is 11.2. The van der Waals surface area contributed by atoms with Gasteiger partial charge in [-0.25, -0.2) is 0 Å². The third-order valence-corrected chi connectivity index (χ3v) is 4.44. The van der Waals surface area contributed by atoms with Gasteiger partial charge in [-0.2, -0.15) is 0 Å². The minimum absolute atomic E-state index is 0.127. The summed E-state index contributed by atoms with van der Waals surface area (Å²) in [6.45, 7) is 4.04. The van der Waals surface area contributed by atoms with Gasteiger partial charge in [-0.05, 0) is 43.2 Å². The fraction of sp³-hybridized carbons (Fsp3) is 0.0769. The second kappa shape index (κ2) is 8.92. The largest absolute Gasteiger partial charge is 0.289 e. The van der Waals surface area contributed by atoms with Crippen molar-refractivity contribution in [2.24, 2.45) is 0 Å². The molecule has 0 saturated carbocycles. The lowest BCUT2D eigenvalue weighted by atomic mass is 10.0. The Morgan fingerprint density at radius 2 is 1.00 bits per heavy atom. The molecule has 3 aromatic rings. The average Bonchev–Trinajstić information content (AvgIpc) is 2.72. The van der Waals surface area contributed by atoms with E-state index in [-0.39, 0.29) is 11.6 Å². The van der Waals surface area contributed by atoms with Gasteiger partial charge in [0.05, 0.1) is 0 Å². The molecule has 0 spiro atoms. The zero-order chi connectivity index (χ0) is 19.9. The summed E-state index contributed by atoms with van der Waals surface area (Å²) in [5.41, 5.74) is 5.28. The molecule has 2 nitrogen and oxygen atoms in total. The molecular formula is C26H22O2. The van der Waals surface area contributed by atoms with E-state index in [2.05, 4.69) is 0 Å². The molecule has 0 aliphatic heterocycles. The van der Waals surface area contributed by atoms with E-state index in [1.165, 1.54) is 23.3 Å². The highest BCUT2D eigenvalue weighted by Crippen LogP contribution is 2.12. The number of hydrogen-bond donors (Lipinski definition) is 0. The van der Waals surface area contributed by atoms with E-state index >= 15 is 0 Å². The number of hydrogen-bond acceptors (Lipinski definition) is 2. The molecular weight excluding hydrogens is 344 g/mol. The van der Waals surface area contributed by atoms with Crippen LogP contribution in [-0.4, -0.2) is 11.6 Å². The molecule has 0 aliphatic carbocycles. The maximum absolute atomic E-state index is 12.5. The number of allylic oxidation sites excluding steroid dienone is 2. The van der Waals surface area contributed by atoms with Crippen LogP contribution in [0.4, 0.5) is 0 Å². The van der Waals surface area contributed by atoms with E-state index in [4.69, 9.17) is 0 Å². The Bertz CT molecular complexity index is 954. The van der Waals surface area contributed by atoms with Crippen LogP contribution in [0.3, 0.4) is 0 Å². The lowest BCUT2D eigenvalue weighted by Gasteiger charge is -2.01. The molecule has 0 heterocycles. The maximum Gasteiger partial charge on any atom is 0.185 e. The smallest absolute Gasteiger partial charge is 0.185 e. The van der Waals surface area contributed by atoms with Crippen LogP contribution in [0, 0.1) is 13.8 Å². The molecule has 3 aromatic carbocycles. The van der Waals surface area contributed by atoms with Gasteiger partial charge in [0.25, 0.3) is 0 Å². The van der Waals surface area contributed by atoms with Gasteiger partial charge in [-0.3, -0.25) is 9.59 Å². The summed E-state index contributed by atoms with van der Waals surface area (Å²) in [6, 6.07) is 22.7. The van der Waals surface area contributed by atoms with Crippen LogP contribution in [0.2, 0.25) is 0 Å². The number of rotatable bonds is 6. The second-order valence-corrected chi connectivity index (χ2v) is 6.80. The van der Waals surface area contributed by atoms with Gasteiger partial charge < -0.3 is 0 Å². The second-order valence-electron chi connectivity index (χ2n) is 6.80. The first-order chi connectivity index (χ1) is 13.5. The van der Waals surface area contributed by atoms with Gasteiger partial charge in [-0.15, -0.1) is 0 Å². The molecule has 0 atom stereocenters. The number of carbonyl (C=O) groups is 2. The summed E-state index contributed by atoms with van der Waals surface area (Å²) in [5, 5.41) is 0. The van der Waals surface area contributed by atoms with Crippen molar-refractivity contribution < 1.29 is 9.59 Å². The quantitative estimate of drug-likeness (QED) is 0.390. The van der Waals surface area contributed by atoms with Crippen molar-refractivity contribution in [3.63, 3.8) is 0 Å². The first kappa shape index (κ1) is 19.2. The Morgan fingerprint density at radius 1 is 0.607 bits per heavy atom. The predicted molar refractivity (Wildman–Crippen MR) is 116 cm³/mol. The molecule has 0 N–H and O–H groups in total. The van der Waals surface area contributed by atoms with Gasteiger partial charge >= 0.3 is 0 Å². The highest BCUT2D eigenvalue weighted by Gasteiger charge is 2.07. The van der Waals surface area contributed by atoms with Crippen molar-refractivity contribution in [2.75, 3.05) is 0 Å². The Balaban J connectivity index is 1.71. The Kier molecular flexibility index (Phi) is 6.13. The van der Waals surface area contributed by atoms with Crippen molar-refractivity contribution in [3.8, 4) is 0 Å². The van der Waals surface area contributed by atoms with Crippen LogP contribution in [0.15, 0.2) is 84.9 Å². The van der Waals surface area contributed by atoms with Gasteiger partial charge in [-0.1, -0.05) is 90.0 Å². The Labute approximate surface area is 165 Å². The fourth-order valence-electron chi connectivity index (χ4n) is 2.72. The van der Waals surface area contributed by atoms with Crippen molar-refractivity contribution in [1.82, 2.24) is 0 Å². The van der Waals surface area contributed by atoms with Gasteiger partial charge in [0.2, 0.25) is 0 Å². The summed E-state index contributed by atoms with van der Waals surface area (Å²) in [5.74, 6) is -0.254. The summed E-state index contributed by atoms with van der Waals surface area (Å²) in [6.07, 6.45) is 6.65. The Hall–Kier alpha value is -3.52. The first-order valence-corrected chi connectivity index (χ1v) is 9.19. The third kappa shape index (κ3) is 5.24. The molecule has 138 valence electrons. The predicted octanol–water partition coefficient (Wildman–Crippen LogP) is 6.10. The molecule has 2 heteroatoms. The van der Waals surface area contributed by atoms with Crippen molar-refractivity contribution in [1.29, 1.82) is 0 Å². The van der Waals surface area contributed by atoms with Gasteiger partial charge in [0.15, 0.2) is 11.6 Å². The number of carbonyl (C=O) groups excluding carboxylic acids is 2. The molecule has 0 aromatic heterocycles. The van der Waals surface area contributed by atoms with Crippen molar-refractivity contribution in [2.45, 2.75) is 13.8 Å². The highest BCUT2D eigenvalue weighted by molar-refractivity contribution is 6.11. The summed E-state index contributed by atoms with van der Waals surface area (Å²) in [7, 11) is 0. The van der Waals surface area contributed by atoms with Crippen LogP contribution in [0.1, 0.15) is 43.0 Å². The molecule has 0 unspecified atom stereocenters. The van der Waals surface area contributed by atoms with Crippen LogP contribution in [-0.2, 0) is 0 Å². The lowest BCUT2D eigenvalue weighted by molar-refractivity contribution is 0.104. The number of benzene rings is 3. The minimum Gasteiger partial charge on any atom is -0.289 e. The average molecular weight is 366 g/mol. The molecule has 0 bridgehead atoms. The summed E-state index contributed by atoms with van der Waals surface area (Å²) < 4.78 is 0. The van der Waals surface area contributed by atoms with E-state index in [0.29, 0.717) is 11.1 Å². The van der Waals surface area contributed by atoms with Gasteiger partial charge in [0, 0.05) is 11.1 Å². The maximum atomic E-state index is 12.5. The summed E-state index contributed by atoms with van der Waals surface area (Å²) >= 11 is 0. The van der Waals surface area contributed by atoms with Crippen molar-refractivity contribution >= 4 is 23.7 Å². The number of aryl methyl sites for hydroxylation is 2. The molecule has 28 heavy (non-hydrogen) atoms. The molecule has 0 fully saturated rings. The molecule has 3 rings (SSSR count). The number of ketones is 2. The van der Waals surface area contributed by atoms with E-state index in [1.807, 2.05) is 62.4 Å². The zero-order valence-electron chi connectivity index (χ0n) is 16.1. The van der Waals surface area contributed by atoms with E-state index in [0.717, 1.165) is 11.1 Å². The lowest BCUT2D eigenvalue weighted by Crippen LogP contribution is -1.99. The van der Waals surface area contributed by atoms with Crippen LogP contribution in [0.25, 0.3) is 12.2 Å². The van der Waals surface area contributed by atoms with E-state index in [1.54, 1.807) is 36.4 Å². The third-order valence-electron chi connectivity index (χ3n) is 4.44. The SMILES string of the molecule is Cc1ccc(C=CC(=O)c2cccc(C(=O)C=Cc3ccc(C)cc3)c2)cc1. The Morgan fingerprint density at radius 3 is 1.39 bits per heavy atom. The van der Waals surface area contributed by atoms with Crippen molar-refractivity contribution in [3.05, 3.63) is 118 Å². The van der Waals surface area contributed by atoms with Crippen LogP contribution < -0.4 is 0 Å². The van der Waals surface area contributed by atoms with E-state index in [9.17, 15) is 9.59 Å². The standard InChI is InChI=1S/C26H22O2/c1-19-6-10-21(11-7-19)14-16-25(27)23-4-3-5-24(18-23)26(28)17-15-22-12-8-20(2)9-13-22/h3-18H,1-2H3. The monoisotopic (exact) mass is 366 g/mol. The molecule has 0 radical (unpaired) electrons. The topological polar surface area (TPSA) is 34.1 Å². The first-order valence-electron chi connectivity index (χ1n) is 9.19.